The molecule has 8 heteroatoms. The first-order chi connectivity index (χ1) is 28.6. The van der Waals surface area contributed by atoms with E-state index >= 15 is 0 Å². The average molecular weight is 776 g/mol. The van der Waals surface area contributed by atoms with Crippen LogP contribution in [0.2, 0.25) is 0 Å². The summed E-state index contributed by atoms with van der Waals surface area (Å²) in [6, 6.07) is 56.1. The minimum Gasteiger partial charge on any atom is -0.497 e. The highest BCUT2D eigenvalue weighted by molar-refractivity contribution is 5.85. The van der Waals surface area contributed by atoms with E-state index in [1.54, 1.807) is 7.11 Å². The minimum absolute atomic E-state index is 0.238. The van der Waals surface area contributed by atoms with Gasteiger partial charge in [0.1, 0.15) is 36.3 Å². The molecule has 6 atom stereocenters. The van der Waals surface area contributed by atoms with Crippen molar-refractivity contribution in [3.05, 3.63) is 209 Å². The van der Waals surface area contributed by atoms with Crippen molar-refractivity contribution in [1.29, 1.82) is 0 Å². The Morgan fingerprint density at radius 1 is 0.552 bits per heavy atom. The first-order valence-electron chi connectivity index (χ1n) is 19.8. The molecule has 1 N–H and O–H groups in total. The second-order valence-corrected chi connectivity index (χ2v) is 14.5. The molecule has 0 bridgehead atoms. The molecular weight excluding hydrogens is 727 g/mol. The molecule has 0 radical (unpaired) electrons. The zero-order chi connectivity index (χ0) is 39.5. The molecule has 8 rings (SSSR count). The van der Waals surface area contributed by atoms with E-state index in [1.165, 1.54) is 0 Å². The van der Waals surface area contributed by atoms with Crippen molar-refractivity contribution in [2.24, 2.45) is 0 Å². The Balaban J connectivity index is 1.21. The molecule has 1 aliphatic heterocycles. The molecule has 0 saturated carbocycles. The maximum absolute atomic E-state index is 12.0. The van der Waals surface area contributed by atoms with Crippen LogP contribution in [0.4, 0.5) is 0 Å². The van der Waals surface area contributed by atoms with E-state index in [-0.39, 0.29) is 6.61 Å². The summed E-state index contributed by atoms with van der Waals surface area (Å²) >= 11 is 0. The van der Waals surface area contributed by atoms with E-state index in [9.17, 15) is 5.11 Å². The van der Waals surface area contributed by atoms with Crippen molar-refractivity contribution in [3.8, 4) is 5.75 Å². The molecule has 8 nitrogen and oxygen atoms in total. The van der Waals surface area contributed by atoms with Crippen molar-refractivity contribution < 1.29 is 33.5 Å². The average Bonchev–Trinajstić information content (AvgIpc) is 3.68. The van der Waals surface area contributed by atoms with Crippen LogP contribution in [-0.4, -0.2) is 47.8 Å². The molecule has 58 heavy (non-hydrogen) atoms. The van der Waals surface area contributed by atoms with Gasteiger partial charge >= 0.3 is 0 Å². The number of hydrogen-bond donors (Lipinski definition) is 1. The fraction of sp³-hybridized carbons (Fsp3) is 0.240. The van der Waals surface area contributed by atoms with Gasteiger partial charge in [0, 0.05) is 17.1 Å². The summed E-state index contributed by atoms with van der Waals surface area (Å²) in [7, 11) is 1.63. The lowest BCUT2D eigenvalue weighted by Gasteiger charge is -2.46. The lowest BCUT2D eigenvalue weighted by atomic mass is 9.96. The maximum Gasteiger partial charge on any atom is 0.163 e. The van der Waals surface area contributed by atoms with E-state index < -0.39 is 36.7 Å². The third-order valence-corrected chi connectivity index (χ3v) is 10.6. The van der Waals surface area contributed by atoms with Crippen molar-refractivity contribution in [1.82, 2.24) is 4.57 Å². The zero-order valence-corrected chi connectivity index (χ0v) is 32.6. The Morgan fingerprint density at radius 3 is 1.59 bits per heavy atom. The summed E-state index contributed by atoms with van der Waals surface area (Å²) in [5.41, 5.74) is 6.52. The number of aromatic nitrogens is 1. The third kappa shape index (κ3) is 9.41. The highest BCUT2D eigenvalue weighted by Crippen LogP contribution is 2.40. The molecule has 2 heterocycles. The second-order valence-electron chi connectivity index (χ2n) is 14.5. The number of rotatable bonds is 17. The van der Waals surface area contributed by atoms with Crippen molar-refractivity contribution in [3.63, 3.8) is 0 Å². The third-order valence-electron chi connectivity index (χ3n) is 10.6. The Bertz CT molecular complexity index is 2280. The summed E-state index contributed by atoms with van der Waals surface area (Å²) in [6.07, 6.45) is -2.03. The van der Waals surface area contributed by atoms with Crippen molar-refractivity contribution >= 4 is 10.9 Å². The maximum atomic E-state index is 12.0. The molecule has 1 saturated heterocycles. The molecule has 0 spiro atoms. The number of para-hydroxylation sites is 1. The largest absolute Gasteiger partial charge is 0.497 e. The number of nitrogens with zero attached hydrogens (tertiary/aromatic N) is 1. The number of aliphatic hydroxyl groups is 1. The molecule has 296 valence electrons. The van der Waals surface area contributed by atoms with E-state index in [0.717, 1.165) is 50.0 Å². The van der Waals surface area contributed by atoms with Gasteiger partial charge in [0.05, 0.1) is 45.7 Å². The summed E-state index contributed by atoms with van der Waals surface area (Å²) in [6.45, 7) is 1.64. The highest BCUT2D eigenvalue weighted by atomic mass is 16.6. The first kappa shape index (κ1) is 39.3. The van der Waals surface area contributed by atoms with E-state index in [4.69, 9.17) is 28.4 Å². The van der Waals surface area contributed by atoms with Crippen LogP contribution < -0.4 is 4.74 Å². The summed E-state index contributed by atoms with van der Waals surface area (Å²) in [5.74, 6) is 0.721. The van der Waals surface area contributed by atoms with Gasteiger partial charge in [-0.3, -0.25) is 0 Å². The van der Waals surface area contributed by atoms with Crippen LogP contribution in [-0.2, 0) is 50.1 Å². The Labute approximate surface area is 340 Å². The van der Waals surface area contributed by atoms with Crippen LogP contribution in [0.25, 0.3) is 10.9 Å². The normalized spacial score (nSPS) is 19.9. The molecular formula is C50H49NO7. The SMILES string of the molecule is COc1ccc(C(O)c2cn([C@@H]3O[C@H](COCc4ccccc4)[C@@H](OCc4ccccc4)[C@H](OCc4ccccc4)[C@H]3OCc3ccccc3)c3ccccc23)cc1. The predicted molar refractivity (Wildman–Crippen MR) is 224 cm³/mol. The quantitative estimate of drug-likeness (QED) is 0.0988. The number of ether oxygens (including phenoxy) is 6. The van der Waals surface area contributed by atoms with Crippen molar-refractivity contribution in [2.45, 2.75) is 63.2 Å². The Hall–Kier alpha value is -5.58. The van der Waals surface area contributed by atoms with Gasteiger partial charge in [0.15, 0.2) is 6.23 Å². The van der Waals surface area contributed by atoms with Gasteiger partial charge < -0.3 is 38.1 Å². The van der Waals surface area contributed by atoms with Gasteiger partial charge in [-0.2, -0.15) is 0 Å². The van der Waals surface area contributed by atoms with Gasteiger partial charge in [0.2, 0.25) is 0 Å². The topological polar surface area (TPSA) is 80.5 Å². The lowest BCUT2D eigenvalue weighted by Crippen LogP contribution is -2.59. The van der Waals surface area contributed by atoms with Crippen LogP contribution in [0, 0.1) is 0 Å². The number of fused-ring (bicyclic) bond motifs is 1. The van der Waals surface area contributed by atoms with E-state index in [1.807, 2.05) is 121 Å². The standard InChI is InChI=1S/C50H49NO7/c1-53-41-28-26-40(27-29-41)46(52)43-30-51(44-25-15-14-24-42(43)44)50-49(57-34-39-22-12-5-13-23-39)48(56-33-38-20-10-4-11-21-38)47(55-32-37-18-8-3-9-19-37)45(58-50)35-54-31-36-16-6-2-7-17-36/h2-30,45-50,52H,31-35H2,1H3/t45-,46?,47-,48+,49-,50-/m1/s1. The highest BCUT2D eigenvalue weighted by Gasteiger charge is 2.49. The van der Waals surface area contributed by atoms with Crippen LogP contribution in [0.3, 0.4) is 0 Å². The zero-order valence-electron chi connectivity index (χ0n) is 32.6. The predicted octanol–water partition coefficient (Wildman–Crippen LogP) is 9.60. The molecule has 0 amide bonds. The molecule has 6 aromatic carbocycles. The minimum atomic E-state index is -0.915. The molecule has 1 aliphatic rings. The fourth-order valence-corrected chi connectivity index (χ4v) is 7.61. The van der Waals surface area contributed by atoms with Gasteiger partial charge in [-0.1, -0.05) is 152 Å². The first-order valence-corrected chi connectivity index (χ1v) is 19.8. The summed E-state index contributed by atoms with van der Waals surface area (Å²) in [5, 5.41) is 12.9. The summed E-state index contributed by atoms with van der Waals surface area (Å²) in [4.78, 5) is 0. The Kier molecular flexibility index (Phi) is 13.0. The number of benzene rings is 6. The number of aliphatic hydroxyl groups excluding tert-OH is 1. The smallest absolute Gasteiger partial charge is 0.163 e. The van der Waals surface area contributed by atoms with Gasteiger partial charge in [-0.05, 0) is 46.0 Å². The Morgan fingerprint density at radius 2 is 1.03 bits per heavy atom. The van der Waals surface area contributed by atoms with Crippen LogP contribution in [0.5, 0.6) is 5.75 Å². The van der Waals surface area contributed by atoms with Crippen LogP contribution in [0.15, 0.2) is 176 Å². The second kappa shape index (κ2) is 19.2. The number of methoxy groups -OCH3 is 1. The summed E-state index contributed by atoms with van der Waals surface area (Å²) < 4.78 is 42.1. The van der Waals surface area contributed by atoms with Crippen LogP contribution >= 0.6 is 0 Å². The van der Waals surface area contributed by atoms with E-state index in [2.05, 4.69) is 59.2 Å². The molecule has 0 aliphatic carbocycles. The molecule has 7 aromatic rings. The molecule has 1 unspecified atom stereocenters. The monoisotopic (exact) mass is 775 g/mol. The number of hydrogen-bond acceptors (Lipinski definition) is 7. The van der Waals surface area contributed by atoms with Gasteiger partial charge in [0.25, 0.3) is 0 Å². The van der Waals surface area contributed by atoms with Gasteiger partial charge in [-0.15, -0.1) is 0 Å². The molecule has 1 aromatic heterocycles. The van der Waals surface area contributed by atoms with Crippen LogP contribution in [0.1, 0.15) is 45.7 Å². The molecule has 1 fully saturated rings. The fourth-order valence-electron chi connectivity index (χ4n) is 7.61. The van der Waals surface area contributed by atoms with E-state index in [0.29, 0.717) is 26.4 Å². The lowest BCUT2D eigenvalue weighted by molar-refractivity contribution is -0.289. The van der Waals surface area contributed by atoms with Crippen molar-refractivity contribution in [2.75, 3.05) is 13.7 Å². The van der Waals surface area contributed by atoms with Gasteiger partial charge in [-0.25, -0.2) is 0 Å².